The molecule has 0 saturated carbocycles. The molecule has 7 nitrogen and oxygen atoms in total. The Morgan fingerprint density at radius 1 is 1.00 bits per heavy atom. The first-order chi connectivity index (χ1) is 14.5. The lowest BCUT2D eigenvalue weighted by molar-refractivity contribution is 0.0933. The number of amides is 2. The number of pyridine rings is 1. The van der Waals surface area contributed by atoms with Gasteiger partial charge in [0.25, 0.3) is 5.91 Å². The van der Waals surface area contributed by atoms with Crippen LogP contribution in [0.5, 0.6) is 0 Å². The van der Waals surface area contributed by atoms with Crippen LogP contribution in [-0.4, -0.2) is 28.1 Å². The van der Waals surface area contributed by atoms with Crippen molar-refractivity contribution >= 4 is 29.2 Å². The summed E-state index contributed by atoms with van der Waals surface area (Å²) in [5.74, 6) is -0.782. The molecule has 1 aromatic heterocycles. The van der Waals surface area contributed by atoms with E-state index >= 15 is 0 Å². The monoisotopic (exact) mass is 406 g/mol. The molecular formula is C22H19FN4O3. The van der Waals surface area contributed by atoms with Gasteiger partial charge in [0.2, 0.25) is 0 Å². The quantitative estimate of drug-likeness (QED) is 0.514. The van der Waals surface area contributed by atoms with Gasteiger partial charge in [-0.25, -0.2) is 14.2 Å². The number of para-hydroxylation sites is 1. The molecule has 3 aromatic rings. The average Bonchev–Trinajstić information content (AvgIpc) is 3.11. The summed E-state index contributed by atoms with van der Waals surface area (Å²) >= 11 is 0. The molecule has 0 saturated heterocycles. The van der Waals surface area contributed by atoms with Crippen molar-refractivity contribution in [2.45, 2.75) is 18.9 Å². The van der Waals surface area contributed by atoms with E-state index in [1.165, 1.54) is 35.4 Å². The number of carboxylic acid groups (broad SMARTS) is 1. The second-order valence-corrected chi connectivity index (χ2v) is 7.01. The first kappa shape index (κ1) is 19.4. The fourth-order valence-electron chi connectivity index (χ4n) is 3.53. The molecule has 0 bridgehead atoms. The molecule has 0 unspecified atom stereocenters. The fraction of sp³-hybridized carbons (Fsp3) is 0.136. The fourth-order valence-corrected chi connectivity index (χ4v) is 3.53. The van der Waals surface area contributed by atoms with Gasteiger partial charge in [-0.05, 0) is 42.2 Å². The number of hydrogen-bond donors (Lipinski definition) is 4. The summed E-state index contributed by atoms with van der Waals surface area (Å²) in [5, 5.41) is 17.0. The summed E-state index contributed by atoms with van der Waals surface area (Å²) in [4.78, 5) is 28.1. The highest BCUT2D eigenvalue weighted by Crippen LogP contribution is 2.24. The predicted molar refractivity (Wildman–Crippen MR) is 111 cm³/mol. The van der Waals surface area contributed by atoms with Gasteiger partial charge in [0.15, 0.2) is 0 Å². The van der Waals surface area contributed by atoms with E-state index in [1.54, 1.807) is 12.1 Å². The summed E-state index contributed by atoms with van der Waals surface area (Å²) in [6.45, 7) is 0. The summed E-state index contributed by atoms with van der Waals surface area (Å²) < 4.78 is 14.0. The number of anilines is 3. The van der Waals surface area contributed by atoms with Crippen molar-refractivity contribution in [3.63, 3.8) is 0 Å². The van der Waals surface area contributed by atoms with Gasteiger partial charge in [0.1, 0.15) is 17.3 Å². The SMILES string of the molecule is O=C(O)Nc1cc(Nc2ccccc2F)nc(C(=O)NC2Cc3ccccc3C2)c1. The van der Waals surface area contributed by atoms with Crippen LogP contribution in [0.3, 0.4) is 0 Å². The number of hydrogen-bond acceptors (Lipinski definition) is 4. The molecule has 4 rings (SSSR count). The van der Waals surface area contributed by atoms with E-state index in [0.29, 0.717) is 0 Å². The molecule has 4 N–H and O–H groups in total. The number of halogens is 1. The van der Waals surface area contributed by atoms with Gasteiger partial charge >= 0.3 is 6.09 Å². The van der Waals surface area contributed by atoms with Crippen LogP contribution >= 0.6 is 0 Å². The third-order valence-corrected chi connectivity index (χ3v) is 4.83. The normalized spacial score (nSPS) is 12.8. The molecule has 0 atom stereocenters. The minimum absolute atomic E-state index is 0.0241. The van der Waals surface area contributed by atoms with Crippen LogP contribution in [-0.2, 0) is 12.8 Å². The first-order valence-electron chi connectivity index (χ1n) is 9.39. The van der Waals surface area contributed by atoms with Crippen molar-refractivity contribution in [1.82, 2.24) is 10.3 Å². The molecule has 0 radical (unpaired) electrons. The van der Waals surface area contributed by atoms with E-state index in [4.69, 9.17) is 5.11 Å². The van der Waals surface area contributed by atoms with Gasteiger partial charge in [0.05, 0.1) is 11.4 Å². The van der Waals surface area contributed by atoms with Crippen LogP contribution in [0.15, 0.2) is 60.7 Å². The van der Waals surface area contributed by atoms with Crippen molar-refractivity contribution < 1.29 is 19.1 Å². The Kier molecular flexibility index (Phi) is 5.30. The van der Waals surface area contributed by atoms with Crippen molar-refractivity contribution in [1.29, 1.82) is 0 Å². The van der Waals surface area contributed by atoms with Crippen molar-refractivity contribution in [2.24, 2.45) is 0 Å². The van der Waals surface area contributed by atoms with Gasteiger partial charge in [0, 0.05) is 12.1 Å². The van der Waals surface area contributed by atoms with Crippen molar-refractivity contribution in [3.8, 4) is 0 Å². The topological polar surface area (TPSA) is 103 Å². The Labute approximate surface area is 172 Å². The third-order valence-electron chi connectivity index (χ3n) is 4.83. The molecule has 0 fully saturated rings. The second kappa shape index (κ2) is 8.20. The number of nitrogens with one attached hydrogen (secondary N) is 3. The number of aromatic nitrogens is 1. The lowest BCUT2D eigenvalue weighted by Gasteiger charge is -2.14. The Hall–Kier alpha value is -3.94. The largest absolute Gasteiger partial charge is 0.465 e. The molecule has 8 heteroatoms. The minimum Gasteiger partial charge on any atom is -0.465 e. The van der Waals surface area contributed by atoms with E-state index < -0.39 is 17.8 Å². The zero-order valence-electron chi connectivity index (χ0n) is 15.9. The molecule has 0 spiro atoms. The zero-order valence-corrected chi connectivity index (χ0v) is 15.9. The van der Waals surface area contributed by atoms with Crippen LogP contribution in [0, 0.1) is 5.82 Å². The van der Waals surface area contributed by atoms with Gasteiger partial charge < -0.3 is 15.7 Å². The number of carbonyl (C=O) groups is 2. The molecule has 152 valence electrons. The molecule has 2 amide bonds. The second-order valence-electron chi connectivity index (χ2n) is 7.01. The molecule has 1 heterocycles. The van der Waals surface area contributed by atoms with Gasteiger partial charge in [-0.2, -0.15) is 0 Å². The predicted octanol–water partition coefficient (Wildman–Crippen LogP) is 3.95. The van der Waals surface area contributed by atoms with Crippen LogP contribution in [0.4, 0.5) is 26.4 Å². The van der Waals surface area contributed by atoms with Crippen molar-refractivity contribution in [3.05, 3.63) is 83.3 Å². The Bertz CT molecular complexity index is 1090. The molecule has 1 aliphatic carbocycles. The smallest absolute Gasteiger partial charge is 0.409 e. The molecule has 2 aromatic carbocycles. The Morgan fingerprint density at radius 2 is 1.67 bits per heavy atom. The van der Waals surface area contributed by atoms with E-state index in [0.717, 1.165) is 12.8 Å². The van der Waals surface area contributed by atoms with E-state index in [2.05, 4.69) is 20.9 Å². The maximum atomic E-state index is 14.0. The van der Waals surface area contributed by atoms with Gasteiger partial charge in [-0.3, -0.25) is 10.1 Å². The Morgan fingerprint density at radius 3 is 2.33 bits per heavy atom. The van der Waals surface area contributed by atoms with Crippen molar-refractivity contribution in [2.75, 3.05) is 10.6 Å². The summed E-state index contributed by atoms with van der Waals surface area (Å²) in [6.07, 6.45) is 0.153. The highest BCUT2D eigenvalue weighted by Gasteiger charge is 2.24. The number of benzene rings is 2. The zero-order chi connectivity index (χ0) is 21.1. The minimum atomic E-state index is -1.28. The molecule has 1 aliphatic rings. The maximum absolute atomic E-state index is 14.0. The first-order valence-corrected chi connectivity index (χ1v) is 9.39. The Balaban J connectivity index is 1.56. The number of rotatable bonds is 5. The third kappa shape index (κ3) is 4.38. The lowest BCUT2D eigenvalue weighted by atomic mass is 10.1. The van der Waals surface area contributed by atoms with Crippen LogP contribution in [0.25, 0.3) is 0 Å². The van der Waals surface area contributed by atoms with Crippen LogP contribution < -0.4 is 16.0 Å². The number of fused-ring (bicyclic) bond motifs is 1. The molecule has 0 aliphatic heterocycles. The van der Waals surface area contributed by atoms with Crippen LogP contribution in [0.1, 0.15) is 21.6 Å². The number of carbonyl (C=O) groups excluding carboxylic acids is 1. The summed E-state index contributed by atoms with van der Waals surface area (Å²) in [6, 6.07) is 16.7. The van der Waals surface area contributed by atoms with Gasteiger partial charge in [-0.1, -0.05) is 36.4 Å². The highest BCUT2D eigenvalue weighted by molar-refractivity contribution is 5.95. The van der Waals surface area contributed by atoms with E-state index in [9.17, 15) is 14.0 Å². The van der Waals surface area contributed by atoms with Crippen LogP contribution in [0.2, 0.25) is 0 Å². The standard InChI is InChI=1S/C22H19FN4O3/c23-17-7-3-4-8-18(17)26-20-12-16(25-22(29)30)11-19(27-20)21(28)24-15-9-13-5-1-2-6-14(13)10-15/h1-8,11-12,15H,9-10H2,(H,24,28)(H,29,30)(H2,25,26,27). The maximum Gasteiger partial charge on any atom is 0.409 e. The lowest BCUT2D eigenvalue weighted by Crippen LogP contribution is -2.35. The molecule has 30 heavy (non-hydrogen) atoms. The summed E-state index contributed by atoms with van der Waals surface area (Å²) in [7, 11) is 0. The highest BCUT2D eigenvalue weighted by atomic mass is 19.1. The average molecular weight is 406 g/mol. The van der Waals surface area contributed by atoms with E-state index in [-0.39, 0.29) is 28.9 Å². The van der Waals surface area contributed by atoms with E-state index in [1.807, 2.05) is 24.3 Å². The summed E-state index contributed by atoms with van der Waals surface area (Å²) in [5.41, 5.74) is 2.72. The number of nitrogens with zero attached hydrogens (tertiary/aromatic N) is 1. The van der Waals surface area contributed by atoms with Gasteiger partial charge in [-0.15, -0.1) is 0 Å². The molecular weight excluding hydrogens is 387 g/mol.